The molecule has 2 rings (SSSR count). The number of hydrogen-bond donors (Lipinski definition) is 1. The number of benzene rings is 1. The van der Waals surface area contributed by atoms with Gasteiger partial charge in [-0.15, -0.1) is 0 Å². The predicted octanol–water partition coefficient (Wildman–Crippen LogP) is 3.25. The lowest BCUT2D eigenvalue weighted by Gasteiger charge is -2.37. The van der Waals surface area contributed by atoms with Gasteiger partial charge in [0, 0.05) is 37.4 Å². The Morgan fingerprint density at radius 3 is 2.54 bits per heavy atom. The number of likely N-dealkylation sites (tertiary alicyclic amines) is 1. The third-order valence-electron chi connectivity index (χ3n) is 4.97. The quantitative estimate of drug-likeness (QED) is 0.869. The fourth-order valence-electron chi connectivity index (χ4n) is 3.31. The lowest BCUT2D eigenvalue weighted by atomic mass is 9.90. The molecular formula is C19H28N2O3. The summed E-state index contributed by atoms with van der Waals surface area (Å²) in [5.41, 5.74) is 1.72. The number of nitrogens with zero attached hydrogens (tertiary/aromatic N) is 2. The molecule has 1 aromatic rings. The SMILES string of the molecule is CCCCN(C)c1ccc(C(=O)N2CCC[C@H](C(=O)O)[C@@H]2C)cc1. The van der Waals surface area contributed by atoms with E-state index in [2.05, 4.69) is 18.9 Å². The van der Waals surface area contributed by atoms with Gasteiger partial charge < -0.3 is 14.9 Å². The van der Waals surface area contributed by atoms with Crippen LogP contribution < -0.4 is 4.90 Å². The molecule has 24 heavy (non-hydrogen) atoms. The highest BCUT2D eigenvalue weighted by Crippen LogP contribution is 2.26. The Hall–Kier alpha value is -2.04. The van der Waals surface area contributed by atoms with E-state index < -0.39 is 11.9 Å². The second-order valence-electron chi connectivity index (χ2n) is 6.65. The van der Waals surface area contributed by atoms with Crippen molar-refractivity contribution in [2.75, 3.05) is 25.0 Å². The van der Waals surface area contributed by atoms with Crippen LogP contribution in [-0.2, 0) is 4.79 Å². The summed E-state index contributed by atoms with van der Waals surface area (Å²) in [5.74, 6) is -1.36. The maximum absolute atomic E-state index is 12.8. The Bertz CT molecular complexity index is 570. The van der Waals surface area contributed by atoms with Gasteiger partial charge in [0.2, 0.25) is 0 Å². The molecule has 0 unspecified atom stereocenters. The lowest BCUT2D eigenvalue weighted by Crippen LogP contribution is -2.49. The lowest BCUT2D eigenvalue weighted by molar-refractivity contribution is -0.144. The number of carbonyl (C=O) groups is 2. The summed E-state index contributed by atoms with van der Waals surface area (Å²) in [6, 6.07) is 7.35. The van der Waals surface area contributed by atoms with Crippen LogP contribution in [0.1, 0.15) is 49.9 Å². The average Bonchev–Trinajstić information content (AvgIpc) is 2.59. The molecule has 5 nitrogen and oxygen atoms in total. The standard InChI is InChI=1S/C19H28N2O3/c1-4-5-12-20(3)16-10-8-15(9-11-16)18(22)21-13-6-7-17(14(21)2)19(23)24/h8-11,14,17H,4-7,12-13H2,1-3H3,(H,23,24)/t14-,17-/m0/s1. The van der Waals surface area contributed by atoms with Gasteiger partial charge in [-0.25, -0.2) is 0 Å². The molecular weight excluding hydrogens is 304 g/mol. The highest BCUT2D eigenvalue weighted by Gasteiger charge is 2.35. The first-order valence-corrected chi connectivity index (χ1v) is 8.80. The molecule has 132 valence electrons. The molecule has 5 heteroatoms. The van der Waals surface area contributed by atoms with E-state index in [9.17, 15) is 14.7 Å². The number of carboxylic acid groups (broad SMARTS) is 1. The van der Waals surface area contributed by atoms with Crippen molar-refractivity contribution < 1.29 is 14.7 Å². The summed E-state index contributed by atoms with van der Waals surface area (Å²) < 4.78 is 0. The molecule has 1 amide bonds. The van der Waals surface area contributed by atoms with Crippen LogP contribution in [-0.4, -0.2) is 48.1 Å². The number of unbranched alkanes of at least 4 members (excludes halogenated alkanes) is 1. The van der Waals surface area contributed by atoms with E-state index in [-0.39, 0.29) is 11.9 Å². The summed E-state index contributed by atoms with van der Waals surface area (Å²) in [6.45, 7) is 5.62. The molecule has 0 aliphatic carbocycles. The summed E-state index contributed by atoms with van der Waals surface area (Å²) in [4.78, 5) is 28.0. The van der Waals surface area contributed by atoms with Crippen molar-refractivity contribution in [2.24, 2.45) is 5.92 Å². The first kappa shape index (κ1) is 18.3. The zero-order valence-electron chi connectivity index (χ0n) is 14.9. The highest BCUT2D eigenvalue weighted by molar-refractivity contribution is 5.95. The van der Waals surface area contributed by atoms with Crippen LogP contribution in [0.5, 0.6) is 0 Å². The van der Waals surface area contributed by atoms with E-state index in [0.29, 0.717) is 18.5 Å². The third-order valence-corrected chi connectivity index (χ3v) is 4.97. The second-order valence-corrected chi connectivity index (χ2v) is 6.65. The smallest absolute Gasteiger partial charge is 0.308 e. The number of carbonyl (C=O) groups excluding carboxylic acids is 1. The average molecular weight is 332 g/mol. The molecule has 1 N–H and O–H groups in total. The molecule has 1 aliphatic rings. The fraction of sp³-hybridized carbons (Fsp3) is 0.579. The van der Waals surface area contributed by atoms with Crippen LogP contribution >= 0.6 is 0 Å². The first-order chi connectivity index (χ1) is 11.5. The van der Waals surface area contributed by atoms with Crippen molar-refractivity contribution in [1.82, 2.24) is 4.90 Å². The minimum Gasteiger partial charge on any atom is -0.481 e. The van der Waals surface area contributed by atoms with E-state index in [1.54, 1.807) is 4.90 Å². The fourth-order valence-corrected chi connectivity index (χ4v) is 3.31. The Labute approximate surface area is 144 Å². The van der Waals surface area contributed by atoms with E-state index in [4.69, 9.17) is 0 Å². The van der Waals surface area contributed by atoms with Crippen molar-refractivity contribution in [3.63, 3.8) is 0 Å². The summed E-state index contributed by atoms with van der Waals surface area (Å²) in [6.07, 6.45) is 3.67. The second kappa shape index (κ2) is 8.18. The van der Waals surface area contributed by atoms with Crippen molar-refractivity contribution in [1.29, 1.82) is 0 Å². The van der Waals surface area contributed by atoms with Crippen molar-refractivity contribution in [3.8, 4) is 0 Å². The van der Waals surface area contributed by atoms with E-state index in [1.165, 1.54) is 0 Å². The number of piperidine rings is 1. The van der Waals surface area contributed by atoms with Crippen molar-refractivity contribution in [3.05, 3.63) is 29.8 Å². The van der Waals surface area contributed by atoms with Gasteiger partial charge in [0.25, 0.3) is 5.91 Å². The minimum atomic E-state index is -0.812. The summed E-state index contributed by atoms with van der Waals surface area (Å²) in [5, 5.41) is 9.30. The van der Waals surface area contributed by atoms with Crippen LogP contribution in [0, 0.1) is 5.92 Å². The van der Waals surface area contributed by atoms with Gasteiger partial charge in [0.1, 0.15) is 0 Å². The van der Waals surface area contributed by atoms with Crippen LogP contribution in [0.15, 0.2) is 24.3 Å². The number of rotatable bonds is 6. The van der Waals surface area contributed by atoms with Gasteiger partial charge in [-0.3, -0.25) is 9.59 Å². The maximum atomic E-state index is 12.8. The molecule has 0 radical (unpaired) electrons. The Morgan fingerprint density at radius 1 is 1.29 bits per heavy atom. The number of aliphatic carboxylic acids is 1. The van der Waals surface area contributed by atoms with E-state index in [1.807, 2.05) is 31.2 Å². The molecule has 1 heterocycles. The molecule has 0 saturated carbocycles. The van der Waals surface area contributed by atoms with Gasteiger partial charge in [-0.05, 0) is 50.5 Å². The van der Waals surface area contributed by atoms with Gasteiger partial charge in [0.05, 0.1) is 5.92 Å². The molecule has 1 saturated heterocycles. The molecule has 0 spiro atoms. The van der Waals surface area contributed by atoms with Gasteiger partial charge >= 0.3 is 5.97 Å². The number of hydrogen-bond acceptors (Lipinski definition) is 3. The Balaban J connectivity index is 2.08. The zero-order chi connectivity index (χ0) is 17.7. The number of carboxylic acids is 1. The minimum absolute atomic E-state index is 0.0730. The monoisotopic (exact) mass is 332 g/mol. The summed E-state index contributed by atoms with van der Waals surface area (Å²) >= 11 is 0. The third kappa shape index (κ3) is 4.08. The molecule has 0 aromatic heterocycles. The van der Waals surface area contributed by atoms with E-state index in [0.717, 1.165) is 31.5 Å². The van der Waals surface area contributed by atoms with Crippen molar-refractivity contribution in [2.45, 2.75) is 45.6 Å². The van der Waals surface area contributed by atoms with E-state index >= 15 is 0 Å². The molecule has 1 aromatic carbocycles. The molecule has 1 aliphatic heterocycles. The number of amides is 1. The predicted molar refractivity (Wildman–Crippen MR) is 95.5 cm³/mol. The van der Waals surface area contributed by atoms with Crippen LogP contribution in [0.3, 0.4) is 0 Å². The molecule has 1 fully saturated rings. The topological polar surface area (TPSA) is 60.9 Å². The maximum Gasteiger partial charge on any atom is 0.308 e. The first-order valence-electron chi connectivity index (χ1n) is 8.80. The zero-order valence-corrected chi connectivity index (χ0v) is 14.9. The van der Waals surface area contributed by atoms with Crippen molar-refractivity contribution >= 4 is 17.6 Å². The Morgan fingerprint density at radius 2 is 1.96 bits per heavy atom. The number of anilines is 1. The molecule has 2 atom stereocenters. The van der Waals surface area contributed by atoms with Crippen LogP contribution in [0.25, 0.3) is 0 Å². The van der Waals surface area contributed by atoms with Gasteiger partial charge in [-0.2, -0.15) is 0 Å². The highest BCUT2D eigenvalue weighted by atomic mass is 16.4. The van der Waals surface area contributed by atoms with Crippen LogP contribution in [0.4, 0.5) is 5.69 Å². The summed E-state index contributed by atoms with van der Waals surface area (Å²) in [7, 11) is 2.05. The molecule has 0 bridgehead atoms. The van der Waals surface area contributed by atoms with Crippen LogP contribution in [0.2, 0.25) is 0 Å². The van der Waals surface area contributed by atoms with Gasteiger partial charge in [0.15, 0.2) is 0 Å². The largest absolute Gasteiger partial charge is 0.481 e. The normalized spacial score (nSPS) is 20.7. The Kier molecular flexibility index (Phi) is 6.23. The van der Waals surface area contributed by atoms with Gasteiger partial charge in [-0.1, -0.05) is 13.3 Å².